The highest BCUT2D eigenvalue weighted by molar-refractivity contribution is 9.09. The zero-order chi connectivity index (χ0) is 12.1. The number of amides is 1. The van der Waals surface area contributed by atoms with Crippen LogP contribution in [0.1, 0.15) is 5.56 Å². The first-order valence-corrected chi connectivity index (χ1v) is 5.70. The Morgan fingerprint density at radius 1 is 1.56 bits per heavy atom. The van der Waals surface area contributed by atoms with E-state index in [1.807, 2.05) is 0 Å². The van der Waals surface area contributed by atoms with Gasteiger partial charge in [-0.15, -0.1) is 0 Å². The van der Waals surface area contributed by atoms with Gasteiger partial charge in [0.2, 0.25) is 5.91 Å². The molecule has 1 rings (SSSR count). The Morgan fingerprint density at radius 2 is 2.25 bits per heavy atom. The molecule has 0 bridgehead atoms. The van der Waals surface area contributed by atoms with E-state index in [4.69, 9.17) is 0 Å². The van der Waals surface area contributed by atoms with Gasteiger partial charge in [-0.05, 0) is 5.56 Å². The van der Waals surface area contributed by atoms with E-state index in [-0.39, 0.29) is 16.9 Å². The fourth-order valence-corrected chi connectivity index (χ4v) is 1.66. The summed E-state index contributed by atoms with van der Waals surface area (Å²) in [6.07, 6.45) is 0. The van der Waals surface area contributed by atoms with E-state index in [1.165, 1.54) is 17.0 Å². The van der Waals surface area contributed by atoms with Gasteiger partial charge < -0.3 is 4.90 Å². The van der Waals surface area contributed by atoms with Crippen LogP contribution >= 0.6 is 15.9 Å². The number of carbonyl (C=O) groups excluding carboxylic acids is 1. The summed E-state index contributed by atoms with van der Waals surface area (Å²) in [5.41, 5.74) is 0.781. The van der Waals surface area contributed by atoms with Crippen molar-refractivity contribution in [1.29, 1.82) is 0 Å². The Morgan fingerprint density at radius 3 is 2.81 bits per heavy atom. The molecule has 86 valence electrons. The van der Waals surface area contributed by atoms with E-state index in [2.05, 4.69) is 15.9 Å². The molecule has 5 nitrogen and oxygen atoms in total. The number of non-ortho nitro benzene ring substituents is 1. The van der Waals surface area contributed by atoms with Crippen molar-refractivity contribution in [3.05, 3.63) is 39.9 Å². The summed E-state index contributed by atoms with van der Waals surface area (Å²) in [4.78, 5) is 22.9. The second-order valence-corrected chi connectivity index (χ2v) is 3.87. The lowest BCUT2D eigenvalue weighted by Crippen LogP contribution is -2.26. The van der Waals surface area contributed by atoms with E-state index in [9.17, 15) is 14.9 Å². The highest BCUT2D eigenvalue weighted by atomic mass is 79.9. The zero-order valence-electron chi connectivity index (χ0n) is 8.72. The van der Waals surface area contributed by atoms with Gasteiger partial charge in [0.05, 0.1) is 10.3 Å². The first kappa shape index (κ1) is 12.6. The predicted octanol–water partition coefficient (Wildman–Crippen LogP) is 1.95. The minimum absolute atomic E-state index is 0.0391. The smallest absolute Gasteiger partial charge is 0.269 e. The van der Waals surface area contributed by atoms with Crippen molar-refractivity contribution < 1.29 is 9.72 Å². The van der Waals surface area contributed by atoms with Crippen LogP contribution in [0.5, 0.6) is 0 Å². The molecule has 0 aromatic heterocycles. The number of halogens is 1. The zero-order valence-corrected chi connectivity index (χ0v) is 10.3. The van der Waals surface area contributed by atoms with Crippen LogP contribution in [0.3, 0.4) is 0 Å². The van der Waals surface area contributed by atoms with Crippen LogP contribution in [0.4, 0.5) is 5.69 Å². The summed E-state index contributed by atoms with van der Waals surface area (Å²) < 4.78 is 0. The summed E-state index contributed by atoms with van der Waals surface area (Å²) in [7, 11) is 1.66. The molecule has 0 unspecified atom stereocenters. The molecule has 6 heteroatoms. The summed E-state index contributed by atoms with van der Waals surface area (Å²) in [5.74, 6) is -0.0634. The van der Waals surface area contributed by atoms with Gasteiger partial charge in [-0.3, -0.25) is 14.9 Å². The van der Waals surface area contributed by atoms with Crippen LogP contribution in [-0.4, -0.2) is 28.1 Å². The molecule has 0 saturated carbocycles. The second kappa shape index (κ2) is 5.60. The van der Waals surface area contributed by atoms with Crippen LogP contribution < -0.4 is 0 Å². The Hall–Kier alpha value is -1.43. The van der Waals surface area contributed by atoms with Crippen molar-refractivity contribution in [3.63, 3.8) is 0 Å². The molecule has 16 heavy (non-hydrogen) atoms. The third kappa shape index (κ3) is 3.30. The Balaban J connectivity index is 2.78. The van der Waals surface area contributed by atoms with Crippen LogP contribution in [0.25, 0.3) is 0 Å². The SMILES string of the molecule is CN(Cc1cccc([N+](=O)[O-])c1)C(=O)CBr. The number of hydrogen-bond donors (Lipinski definition) is 0. The summed E-state index contributed by atoms with van der Waals surface area (Å²) in [6, 6.07) is 6.26. The minimum atomic E-state index is -0.449. The number of nitro benzene ring substituents is 1. The Bertz CT molecular complexity index is 409. The molecule has 0 spiro atoms. The molecule has 0 aliphatic carbocycles. The normalized spacial score (nSPS) is 9.88. The van der Waals surface area contributed by atoms with Crippen molar-refractivity contribution in [2.75, 3.05) is 12.4 Å². The third-order valence-corrected chi connectivity index (χ3v) is 2.56. The van der Waals surface area contributed by atoms with Gasteiger partial charge in [0, 0.05) is 25.7 Å². The minimum Gasteiger partial charge on any atom is -0.341 e. The maximum absolute atomic E-state index is 11.3. The maximum Gasteiger partial charge on any atom is 0.269 e. The van der Waals surface area contributed by atoms with Crippen LogP contribution in [-0.2, 0) is 11.3 Å². The second-order valence-electron chi connectivity index (χ2n) is 3.31. The number of benzene rings is 1. The van der Waals surface area contributed by atoms with Crippen LogP contribution in [0, 0.1) is 10.1 Å². The van der Waals surface area contributed by atoms with E-state index in [0.29, 0.717) is 6.54 Å². The number of nitrogens with zero attached hydrogens (tertiary/aromatic N) is 2. The van der Waals surface area contributed by atoms with E-state index >= 15 is 0 Å². The third-order valence-electron chi connectivity index (χ3n) is 2.08. The van der Waals surface area contributed by atoms with Crippen molar-refractivity contribution in [1.82, 2.24) is 4.90 Å². The summed E-state index contributed by atoms with van der Waals surface area (Å²) >= 11 is 3.07. The molecule has 1 aromatic carbocycles. The van der Waals surface area contributed by atoms with E-state index in [1.54, 1.807) is 19.2 Å². The monoisotopic (exact) mass is 286 g/mol. The van der Waals surface area contributed by atoms with Crippen molar-refractivity contribution in [2.45, 2.75) is 6.54 Å². The van der Waals surface area contributed by atoms with Gasteiger partial charge in [0.25, 0.3) is 5.69 Å². The van der Waals surface area contributed by atoms with Gasteiger partial charge in [-0.25, -0.2) is 0 Å². The van der Waals surface area contributed by atoms with Crippen LogP contribution in [0.2, 0.25) is 0 Å². The fraction of sp³-hybridized carbons (Fsp3) is 0.300. The standard InChI is InChI=1S/C10H11BrN2O3/c1-12(10(14)6-11)7-8-3-2-4-9(5-8)13(15)16/h2-5H,6-7H2,1H3. The van der Waals surface area contributed by atoms with Gasteiger partial charge in [0.15, 0.2) is 0 Å². The number of carbonyl (C=O) groups is 1. The molecule has 0 heterocycles. The van der Waals surface area contributed by atoms with Gasteiger partial charge in [-0.2, -0.15) is 0 Å². The summed E-state index contributed by atoms with van der Waals surface area (Å²) in [6.45, 7) is 0.367. The lowest BCUT2D eigenvalue weighted by atomic mass is 10.2. The van der Waals surface area contributed by atoms with Crippen LogP contribution in [0.15, 0.2) is 24.3 Å². The first-order chi connectivity index (χ1) is 7.54. The average Bonchev–Trinajstić information content (AvgIpc) is 2.28. The summed E-state index contributed by atoms with van der Waals surface area (Å²) in [5, 5.41) is 10.8. The molecule has 0 N–H and O–H groups in total. The Labute approximate surface area is 101 Å². The highest BCUT2D eigenvalue weighted by Gasteiger charge is 2.10. The maximum atomic E-state index is 11.3. The fourth-order valence-electron chi connectivity index (χ4n) is 1.23. The molecule has 0 atom stereocenters. The van der Waals surface area contributed by atoms with Gasteiger partial charge in [-0.1, -0.05) is 28.1 Å². The molecule has 0 aliphatic heterocycles. The molecular formula is C10H11BrN2O3. The van der Waals surface area contributed by atoms with E-state index in [0.717, 1.165) is 5.56 Å². The quantitative estimate of drug-likeness (QED) is 0.483. The largest absolute Gasteiger partial charge is 0.341 e. The van der Waals surface area contributed by atoms with Gasteiger partial charge in [0.1, 0.15) is 0 Å². The predicted molar refractivity (Wildman–Crippen MR) is 63.4 cm³/mol. The first-order valence-electron chi connectivity index (χ1n) is 4.58. The lowest BCUT2D eigenvalue weighted by Gasteiger charge is -2.15. The number of rotatable bonds is 4. The number of alkyl halides is 1. The van der Waals surface area contributed by atoms with Crippen molar-refractivity contribution in [3.8, 4) is 0 Å². The molecule has 0 aliphatic rings. The van der Waals surface area contributed by atoms with E-state index < -0.39 is 4.92 Å². The lowest BCUT2D eigenvalue weighted by molar-refractivity contribution is -0.384. The molecule has 0 radical (unpaired) electrons. The van der Waals surface area contributed by atoms with Crippen molar-refractivity contribution in [2.24, 2.45) is 0 Å². The molecular weight excluding hydrogens is 276 g/mol. The van der Waals surface area contributed by atoms with Crippen molar-refractivity contribution >= 4 is 27.5 Å². The molecule has 1 amide bonds. The highest BCUT2D eigenvalue weighted by Crippen LogP contribution is 2.14. The number of hydrogen-bond acceptors (Lipinski definition) is 3. The molecule has 1 aromatic rings. The molecule has 0 fully saturated rings. The average molecular weight is 287 g/mol. The Kier molecular flexibility index (Phi) is 4.42. The topological polar surface area (TPSA) is 63.4 Å². The number of nitro groups is 1. The molecule has 0 saturated heterocycles. The van der Waals surface area contributed by atoms with Gasteiger partial charge >= 0.3 is 0 Å².